The number of hydrogen-bond acceptors (Lipinski definition) is 5. The monoisotopic (exact) mass is 384 g/mol. The van der Waals surface area contributed by atoms with Crippen LogP contribution in [0.4, 0.5) is 5.69 Å². The molecule has 28 heavy (non-hydrogen) atoms. The molecule has 2 aliphatic heterocycles. The number of nitrogens with one attached hydrogen (secondary N) is 1. The maximum Gasteiger partial charge on any atom is 0.258 e. The minimum Gasteiger partial charge on any atom is -0.484 e. The van der Waals surface area contributed by atoms with Gasteiger partial charge in [0.25, 0.3) is 5.91 Å². The van der Waals surface area contributed by atoms with E-state index in [4.69, 9.17) is 9.47 Å². The second-order valence-corrected chi connectivity index (χ2v) is 7.51. The number of nitrogens with zero attached hydrogens (tertiary/aromatic N) is 3. The third-order valence-corrected chi connectivity index (χ3v) is 5.19. The molecular formula is C20H24N4O4. The Balaban J connectivity index is 1.60. The largest absolute Gasteiger partial charge is 0.484 e. The lowest BCUT2D eigenvalue weighted by Gasteiger charge is -2.38. The molecule has 1 aromatic heterocycles. The van der Waals surface area contributed by atoms with Crippen LogP contribution >= 0.6 is 0 Å². The zero-order valence-corrected chi connectivity index (χ0v) is 16.1. The van der Waals surface area contributed by atoms with Crippen molar-refractivity contribution in [3.05, 3.63) is 41.7 Å². The van der Waals surface area contributed by atoms with Crippen LogP contribution in [0.15, 0.2) is 30.6 Å². The predicted octanol–water partition coefficient (Wildman–Crippen LogP) is 1.75. The molecule has 4 rings (SSSR count). The standard InChI is InChI=1S/C20H24N4O4/c1-14-3-4-17-16(9-14)19(26)24(13-20(28-17)5-7-27-8-6-20)12-18(25)22-15-10-21-23(2)11-15/h3-4,9-11H,5-8,12-13H2,1-2H3,(H,22,25). The van der Waals surface area contributed by atoms with E-state index in [9.17, 15) is 9.59 Å². The van der Waals surface area contributed by atoms with Crippen LogP contribution in [0, 0.1) is 6.92 Å². The van der Waals surface area contributed by atoms with E-state index in [0.717, 1.165) is 5.56 Å². The Hall–Kier alpha value is -2.87. The lowest BCUT2D eigenvalue weighted by atomic mass is 9.93. The average molecular weight is 384 g/mol. The Kier molecular flexibility index (Phi) is 4.80. The number of benzene rings is 1. The molecule has 2 aliphatic rings. The molecule has 0 unspecified atom stereocenters. The number of aryl methyl sites for hydroxylation is 2. The fourth-order valence-corrected chi connectivity index (χ4v) is 3.75. The Morgan fingerprint density at radius 1 is 1.32 bits per heavy atom. The van der Waals surface area contributed by atoms with Crippen molar-refractivity contribution in [3.8, 4) is 5.75 Å². The molecule has 1 fully saturated rings. The summed E-state index contributed by atoms with van der Waals surface area (Å²) in [4.78, 5) is 27.4. The van der Waals surface area contributed by atoms with Gasteiger partial charge >= 0.3 is 0 Å². The first kappa shape index (κ1) is 18.5. The van der Waals surface area contributed by atoms with Crippen molar-refractivity contribution in [2.45, 2.75) is 25.4 Å². The van der Waals surface area contributed by atoms with Crippen molar-refractivity contribution in [3.63, 3.8) is 0 Å². The van der Waals surface area contributed by atoms with Crippen LogP contribution in [-0.4, -0.2) is 58.4 Å². The van der Waals surface area contributed by atoms with Crippen molar-refractivity contribution >= 4 is 17.5 Å². The van der Waals surface area contributed by atoms with Gasteiger partial charge in [0.1, 0.15) is 17.9 Å². The van der Waals surface area contributed by atoms with Gasteiger partial charge in [0.05, 0.1) is 37.2 Å². The summed E-state index contributed by atoms with van der Waals surface area (Å²) in [5.41, 5.74) is 1.53. The maximum absolute atomic E-state index is 13.2. The van der Waals surface area contributed by atoms with E-state index in [1.807, 2.05) is 25.1 Å². The second-order valence-electron chi connectivity index (χ2n) is 7.51. The summed E-state index contributed by atoms with van der Waals surface area (Å²) in [5, 5.41) is 6.84. The van der Waals surface area contributed by atoms with Gasteiger partial charge in [0.15, 0.2) is 0 Å². The van der Waals surface area contributed by atoms with E-state index >= 15 is 0 Å². The molecule has 0 bridgehead atoms. The summed E-state index contributed by atoms with van der Waals surface area (Å²) >= 11 is 0. The molecule has 2 aromatic rings. The number of rotatable bonds is 3. The topological polar surface area (TPSA) is 85.7 Å². The van der Waals surface area contributed by atoms with Gasteiger partial charge in [-0.1, -0.05) is 11.6 Å². The highest BCUT2D eigenvalue weighted by molar-refractivity contribution is 6.01. The molecule has 0 saturated carbocycles. The fourth-order valence-electron chi connectivity index (χ4n) is 3.75. The van der Waals surface area contributed by atoms with Crippen LogP contribution in [0.2, 0.25) is 0 Å². The Morgan fingerprint density at radius 3 is 2.82 bits per heavy atom. The molecule has 1 saturated heterocycles. The average Bonchev–Trinajstić information content (AvgIpc) is 3.03. The third-order valence-electron chi connectivity index (χ3n) is 5.19. The van der Waals surface area contributed by atoms with Crippen LogP contribution in [-0.2, 0) is 16.6 Å². The molecular weight excluding hydrogens is 360 g/mol. The highest BCUT2D eigenvalue weighted by Gasteiger charge is 2.42. The number of carbonyl (C=O) groups is 2. The van der Waals surface area contributed by atoms with Gasteiger partial charge < -0.3 is 19.7 Å². The number of hydrogen-bond donors (Lipinski definition) is 1. The summed E-state index contributed by atoms with van der Waals surface area (Å²) in [6.45, 7) is 3.38. The molecule has 1 N–H and O–H groups in total. The van der Waals surface area contributed by atoms with Crippen LogP contribution in [0.25, 0.3) is 0 Å². The molecule has 0 aliphatic carbocycles. The van der Waals surface area contributed by atoms with E-state index in [1.54, 1.807) is 29.0 Å². The van der Waals surface area contributed by atoms with Crippen molar-refractivity contribution in [2.75, 3.05) is 31.6 Å². The lowest BCUT2D eigenvalue weighted by molar-refractivity contribution is -0.117. The molecule has 1 aromatic carbocycles. The highest BCUT2D eigenvalue weighted by Crippen LogP contribution is 2.35. The van der Waals surface area contributed by atoms with Gasteiger partial charge in [-0.15, -0.1) is 0 Å². The van der Waals surface area contributed by atoms with Crippen molar-refractivity contribution in [2.24, 2.45) is 7.05 Å². The van der Waals surface area contributed by atoms with E-state index in [1.165, 1.54) is 0 Å². The zero-order chi connectivity index (χ0) is 19.7. The number of ether oxygens (including phenoxy) is 2. The molecule has 148 valence electrons. The SMILES string of the molecule is Cc1ccc2c(c1)C(=O)N(CC(=O)Nc1cnn(C)c1)CC1(CCOCC1)O2. The van der Waals surface area contributed by atoms with E-state index in [2.05, 4.69) is 10.4 Å². The number of anilines is 1. The quantitative estimate of drug-likeness (QED) is 0.871. The number of carbonyl (C=O) groups excluding carboxylic acids is 2. The molecule has 1 spiro atoms. The number of amides is 2. The first-order chi connectivity index (χ1) is 13.4. The Labute approximate surface area is 163 Å². The van der Waals surface area contributed by atoms with E-state index < -0.39 is 5.60 Å². The summed E-state index contributed by atoms with van der Waals surface area (Å²) in [6, 6.07) is 5.60. The summed E-state index contributed by atoms with van der Waals surface area (Å²) in [6.07, 6.45) is 4.64. The molecule has 0 radical (unpaired) electrons. The van der Waals surface area contributed by atoms with Gasteiger partial charge in [-0.25, -0.2) is 0 Å². The maximum atomic E-state index is 13.2. The smallest absolute Gasteiger partial charge is 0.258 e. The molecule has 3 heterocycles. The Morgan fingerprint density at radius 2 is 2.11 bits per heavy atom. The van der Waals surface area contributed by atoms with Gasteiger partial charge in [-0.05, 0) is 19.1 Å². The van der Waals surface area contributed by atoms with Gasteiger partial charge in [0, 0.05) is 26.1 Å². The first-order valence-electron chi connectivity index (χ1n) is 9.39. The van der Waals surface area contributed by atoms with Crippen LogP contribution in [0.3, 0.4) is 0 Å². The number of fused-ring (bicyclic) bond motifs is 1. The molecule has 0 atom stereocenters. The molecule has 8 heteroatoms. The third kappa shape index (κ3) is 3.73. The number of aromatic nitrogens is 2. The van der Waals surface area contributed by atoms with Crippen LogP contribution < -0.4 is 10.1 Å². The summed E-state index contributed by atoms with van der Waals surface area (Å²) in [7, 11) is 1.78. The van der Waals surface area contributed by atoms with Gasteiger partial charge in [0.2, 0.25) is 5.91 Å². The van der Waals surface area contributed by atoms with E-state index in [0.29, 0.717) is 49.6 Å². The summed E-state index contributed by atoms with van der Waals surface area (Å²) in [5.74, 6) is 0.121. The van der Waals surface area contributed by atoms with E-state index in [-0.39, 0.29) is 18.4 Å². The summed E-state index contributed by atoms with van der Waals surface area (Å²) < 4.78 is 13.5. The fraction of sp³-hybridized carbons (Fsp3) is 0.450. The zero-order valence-electron chi connectivity index (χ0n) is 16.1. The first-order valence-corrected chi connectivity index (χ1v) is 9.39. The Bertz CT molecular complexity index is 901. The highest BCUT2D eigenvalue weighted by atomic mass is 16.5. The van der Waals surface area contributed by atoms with Crippen molar-refractivity contribution < 1.29 is 19.1 Å². The van der Waals surface area contributed by atoms with Crippen molar-refractivity contribution in [1.29, 1.82) is 0 Å². The second kappa shape index (κ2) is 7.27. The molecule has 2 amide bonds. The van der Waals surface area contributed by atoms with Gasteiger partial charge in [-0.2, -0.15) is 5.10 Å². The molecule has 8 nitrogen and oxygen atoms in total. The predicted molar refractivity (Wildman–Crippen MR) is 102 cm³/mol. The minimum absolute atomic E-state index is 0.0485. The minimum atomic E-state index is -0.539. The van der Waals surface area contributed by atoms with Gasteiger partial charge in [-0.3, -0.25) is 14.3 Å². The van der Waals surface area contributed by atoms with Crippen molar-refractivity contribution in [1.82, 2.24) is 14.7 Å². The van der Waals surface area contributed by atoms with Crippen LogP contribution in [0.1, 0.15) is 28.8 Å². The normalized spacial score (nSPS) is 18.4. The lowest BCUT2D eigenvalue weighted by Crippen LogP contribution is -2.52. The van der Waals surface area contributed by atoms with Crippen LogP contribution in [0.5, 0.6) is 5.75 Å².